The average molecular weight is 289 g/mol. The van der Waals surface area contributed by atoms with Gasteiger partial charge >= 0.3 is 0 Å². The van der Waals surface area contributed by atoms with E-state index in [1.807, 2.05) is 7.05 Å². The molecule has 1 fully saturated rings. The molecule has 1 atom stereocenters. The van der Waals surface area contributed by atoms with Crippen LogP contribution < -0.4 is 10.2 Å². The highest BCUT2D eigenvalue weighted by Crippen LogP contribution is 2.24. The molecule has 3 rings (SSSR count). The van der Waals surface area contributed by atoms with E-state index in [9.17, 15) is 10.1 Å². The van der Waals surface area contributed by atoms with Gasteiger partial charge in [-0.25, -0.2) is 4.98 Å². The Hall–Kier alpha value is -2.15. The lowest BCUT2D eigenvalue weighted by molar-refractivity contribution is -0.384. The summed E-state index contributed by atoms with van der Waals surface area (Å²) in [5.74, 6) is 0.775. The van der Waals surface area contributed by atoms with E-state index in [1.54, 1.807) is 6.07 Å². The highest BCUT2D eigenvalue weighted by Gasteiger charge is 2.20. The van der Waals surface area contributed by atoms with Gasteiger partial charge in [0.25, 0.3) is 5.69 Å². The number of nitrogens with zero attached hydrogens (tertiary/aromatic N) is 3. The van der Waals surface area contributed by atoms with Crippen molar-refractivity contribution < 1.29 is 4.92 Å². The number of imidazole rings is 1. The molecule has 2 N–H and O–H groups in total. The quantitative estimate of drug-likeness (QED) is 0.667. The van der Waals surface area contributed by atoms with Crippen LogP contribution in [-0.4, -0.2) is 41.1 Å². The van der Waals surface area contributed by atoms with Crippen molar-refractivity contribution in [3.05, 3.63) is 28.3 Å². The van der Waals surface area contributed by atoms with Crippen LogP contribution in [0.4, 0.5) is 11.6 Å². The van der Waals surface area contributed by atoms with Gasteiger partial charge < -0.3 is 15.2 Å². The normalized spacial score (nSPS) is 19.4. The third-order valence-corrected chi connectivity index (χ3v) is 4.09. The summed E-state index contributed by atoms with van der Waals surface area (Å²) in [5.41, 5.74) is 1.55. The molecule has 2 aromatic rings. The van der Waals surface area contributed by atoms with Gasteiger partial charge in [0.05, 0.1) is 16.0 Å². The molecule has 0 amide bonds. The Bertz CT molecular complexity index is 646. The Morgan fingerprint density at radius 3 is 3.05 bits per heavy atom. The SMILES string of the molecule is CN(c1nc2ccc([N+](=O)[O-])cc2[nH]1)C1CCCNCC1. The maximum Gasteiger partial charge on any atom is 0.271 e. The first-order chi connectivity index (χ1) is 10.1. The van der Waals surface area contributed by atoms with Gasteiger partial charge in [-0.15, -0.1) is 0 Å². The summed E-state index contributed by atoms with van der Waals surface area (Å²) in [4.78, 5) is 20.3. The van der Waals surface area contributed by atoms with E-state index in [0.29, 0.717) is 11.6 Å². The summed E-state index contributed by atoms with van der Waals surface area (Å²) in [5, 5.41) is 14.2. The van der Waals surface area contributed by atoms with Crippen molar-refractivity contribution in [1.82, 2.24) is 15.3 Å². The lowest BCUT2D eigenvalue weighted by atomic mass is 10.1. The van der Waals surface area contributed by atoms with E-state index in [2.05, 4.69) is 20.2 Å². The second kappa shape index (κ2) is 5.69. The lowest BCUT2D eigenvalue weighted by Crippen LogP contribution is -2.33. The van der Waals surface area contributed by atoms with Gasteiger partial charge in [0, 0.05) is 25.2 Å². The molecule has 0 spiro atoms. The van der Waals surface area contributed by atoms with E-state index in [4.69, 9.17) is 0 Å². The number of aromatic amines is 1. The fraction of sp³-hybridized carbons (Fsp3) is 0.500. The molecule has 1 aliphatic heterocycles. The zero-order valence-corrected chi connectivity index (χ0v) is 12.0. The number of hydrogen-bond acceptors (Lipinski definition) is 5. The molecule has 0 saturated carbocycles. The Labute approximate surface area is 122 Å². The molecule has 112 valence electrons. The number of fused-ring (bicyclic) bond motifs is 1. The zero-order valence-electron chi connectivity index (χ0n) is 12.0. The van der Waals surface area contributed by atoms with Crippen LogP contribution in [0.3, 0.4) is 0 Å². The summed E-state index contributed by atoms with van der Waals surface area (Å²) in [7, 11) is 2.03. The van der Waals surface area contributed by atoms with Crippen molar-refractivity contribution in [3.8, 4) is 0 Å². The Kier molecular flexibility index (Phi) is 3.74. The highest BCUT2D eigenvalue weighted by atomic mass is 16.6. The number of nitro groups is 1. The van der Waals surface area contributed by atoms with Crippen LogP contribution in [0.15, 0.2) is 18.2 Å². The number of aromatic nitrogens is 2. The first-order valence-corrected chi connectivity index (χ1v) is 7.23. The predicted octanol–water partition coefficient (Wildman–Crippen LogP) is 2.05. The molecular weight excluding hydrogens is 270 g/mol. The van der Waals surface area contributed by atoms with Crippen LogP contribution in [0.1, 0.15) is 19.3 Å². The molecule has 2 heterocycles. The van der Waals surface area contributed by atoms with Crippen LogP contribution in [0.2, 0.25) is 0 Å². The van der Waals surface area contributed by atoms with Crippen molar-refractivity contribution in [2.24, 2.45) is 0 Å². The smallest absolute Gasteiger partial charge is 0.271 e. The summed E-state index contributed by atoms with van der Waals surface area (Å²) >= 11 is 0. The van der Waals surface area contributed by atoms with E-state index >= 15 is 0 Å². The van der Waals surface area contributed by atoms with Crippen LogP contribution in [0.25, 0.3) is 11.0 Å². The lowest BCUT2D eigenvalue weighted by Gasteiger charge is -2.26. The van der Waals surface area contributed by atoms with Crippen LogP contribution in [-0.2, 0) is 0 Å². The van der Waals surface area contributed by atoms with Crippen LogP contribution in [0.5, 0.6) is 0 Å². The van der Waals surface area contributed by atoms with Gasteiger partial charge in [-0.05, 0) is 38.4 Å². The van der Waals surface area contributed by atoms with E-state index in [1.165, 1.54) is 12.1 Å². The van der Waals surface area contributed by atoms with Crippen molar-refractivity contribution >= 4 is 22.7 Å². The Morgan fingerprint density at radius 1 is 1.38 bits per heavy atom. The molecule has 0 aliphatic carbocycles. The monoisotopic (exact) mass is 289 g/mol. The first-order valence-electron chi connectivity index (χ1n) is 7.23. The minimum absolute atomic E-state index is 0.0824. The third kappa shape index (κ3) is 2.82. The number of anilines is 1. The fourth-order valence-electron chi connectivity index (χ4n) is 2.83. The van der Waals surface area contributed by atoms with E-state index < -0.39 is 0 Å². The van der Waals surface area contributed by atoms with Gasteiger partial charge in [0.2, 0.25) is 5.95 Å². The minimum Gasteiger partial charge on any atom is -0.342 e. The molecule has 7 heteroatoms. The van der Waals surface area contributed by atoms with Crippen molar-refractivity contribution in [3.63, 3.8) is 0 Å². The Morgan fingerprint density at radius 2 is 2.24 bits per heavy atom. The topological polar surface area (TPSA) is 87.1 Å². The molecule has 0 bridgehead atoms. The third-order valence-electron chi connectivity index (χ3n) is 4.09. The standard InChI is InChI=1S/C14H19N5O2/c1-18(10-3-2-7-15-8-6-10)14-16-12-5-4-11(19(20)21)9-13(12)17-14/h4-5,9-10,15H,2-3,6-8H2,1H3,(H,16,17). The summed E-state index contributed by atoms with van der Waals surface area (Å²) in [6, 6.07) is 5.16. The zero-order chi connectivity index (χ0) is 14.8. The van der Waals surface area contributed by atoms with Gasteiger partial charge in [0.1, 0.15) is 0 Å². The molecule has 0 radical (unpaired) electrons. The second-order valence-electron chi connectivity index (χ2n) is 5.46. The second-order valence-corrected chi connectivity index (χ2v) is 5.46. The van der Waals surface area contributed by atoms with Gasteiger partial charge in [-0.2, -0.15) is 0 Å². The fourth-order valence-corrected chi connectivity index (χ4v) is 2.83. The van der Waals surface area contributed by atoms with Gasteiger partial charge in [-0.1, -0.05) is 0 Å². The number of H-pyrrole nitrogens is 1. The maximum absolute atomic E-state index is 10.8. The van der Waals surface area contributed by atoms with E-state index in [-0.39, 0.29) is 10.6 Å². The number of nitrogens with one attached hydrogen (secondary N) is 2. The molecule has 1 aromatic carbocycles. The number of non-ortho nitro benzene ring substituents is 1. The summed E-state index contributed by atoms with van der Waals surface area (Å²) < 4.78 is 0. The molecule has 7 nitrogen and oxygen atoms in total. The van der Waals surface area contributed by atoms with Crippen LogP contribution in [0, 0.1) is 10.1 Å². The molecule has 1 saturated heterocycles. The van der Waals surface area contributed by atoms with E-state index in [0.717, 1.165) is 43.8 Å². The number of benzene rings is 1. The van der Waals surface area contributed by atoms with Crippen molar-refractivity contribution in [2.45, 2.75) is 25.3 Å². The molecule has 21 heavy (non-hydrogen) atoms. The number of rotatable bonds is 3. The molecule has 1 unspecified atom stereocenters. The first kappa shape index (κ1) is 13.8. The minimum atomic E-state index is -0.388. The summed E-state index contributed by atoms with van der Waals surface area (Å²) in [6.07, 6.45) is 3.36. The average Bonchev–Trinajstić information content (AvgIpc) is 2.71. The van der Waals surface area contributed by atoms with Gasteiger partial charge in [-0.3, -0.25) is 10.1 Å². The molecular formula is C14H19N5O2. The predicted molar refractivity (Wildman–Crippen MR) is 81.7 cm³/mol. The summed E-state index contributed by atoms with van der Waals surface area (Å²) in [6.45, 7) is 2.08. The Balaban J connectivity index is 1.87. The molecule has 1 aromatic heterocycles. The van der Waals surface area contributed by atoms with Crippen LogP contribution >= 0.6 is 0 Å². The largest absolute Gasteiger partial charge is 0.342 e. The van der Waals surface area contributed by atoms with Gasteiger partial charge in [0.15, 0.2) is 0 Å². The molecule has 1 aliphatic rings. The number of hydrogen-bond donors (Lipinski definition) is 2. The maximum atomic E-state index is 10.8. The highest BCUT2D eigenvalue weighted by molar-refractivity contribution is 5.80. The van der Waals surface area contributed by atoms with Crippen molar-refractivity contribution in [1.29, 1.82) is 0 Å². The van der Waals surface area contributed by atoms with Crippen molar-refractivity contribution in [2.75, 3.05) is 25.0 Å². The number of nitro benzene ring substituents is 1.